The number of allylic oxidation sites excluding steroid dienone is 1. The van der Waals surface area contributed by atoms with E-state index in [4.69, 9.17) is 19.4 Å². The summed E-state index contributed by atoms with van der Waals surface area (Å²) in [5.74, 6) is 2.10. The second-order valence-corrected chi connectivity index (χ2v) is 12.6. The van der Waals surface area contributed by atoms with Crippen LogP contribution in [0.25, 0.3) is 10.9 Å². The summed E-state index contributed by atoms with van der Waals surface area (Å²) in [5.41, 5.74) is 3.10. The van der Waals surface area contributed by atoms with Crippen molar-refractivity contribution in [1.29, 1.82) is 0 Å². The lowest BCUT2D eigenvalue weighted by Gasteiger charge is -2.30. The van der Waals surface area contributed by atoms with E-state index in [1.54, 1.807) is 6.20 Å². The predicted octanol–water partition coefficient (Wildman–Crippen LogP) is 6.96. The first-order valence-electron chi connectivity index (χ1n) is 15.2. The molecule has 1 saturated heterocycles. The third-order valence-electron chi connectivity index (χ3n) is 8.78. The van der Waals surface area contributed by atoms with Crippen LogP contribution in [0.1, 0.15) is 90.0 Å². The van der Waals surface area contributed by atoms with Gasteiger partial charge in [0, 0.05) is 36.5 Å². The van der Waals surface area contributed by atoms with E-state index in [2.05, 4.69) is 30.2 Å². The first-order valence-corrected chi connectivity index (χ1v) is 15.2. The third-order valence-corrected chi connectivity index (χ3v) is 8.78. The van der Waals surface area contributed by atoms with Crippen LogP contribution in [-0.4, -0.2) is 57.7 Å². The number of hydrogen-bond acceptors (Lipinski definition) is 7. The molecule has 2 fully saturated rings. The Morgan fingerprint density at radius 1 is 1.07 bits per heavy atom. The molecule has 2 aromatic rings. The molecular weight excluding hydrogens is 533 g/mol. The van der Waals surface area contributed by atoms with Gasteiger partial charge in [-0.1, -0.05) is 25.5 Å². The van der Waals surface area contributed by atoms with Crippen molar-refractivity contribution in [3.63, 3.8) is 0 Å². The van der Waals surface area contributed by atoms with Crippen LogP contribution >= 0.6 is 0 Å². The van der Waals surface area contributed by atoms with E-state index in [1.807, 2.05) is 6.20 Å². The summed E-state index contributed by atoms with van der Waals surface area (Å²) < 4.78 is 51.1. The normalized spacial score (nSPS) is 31.6. The molecule has 7 nitrogen and oxygen atoms in total. The molecule has 1 aliphatic heterocycles. The Morgan fingerprint density at radius 2 is 1.85 bits per heavy atom. The number of aromatic nitrogens is 3. The molecule has 0 amide bonds. The highest BCUT2D eigenvalue weighted by atomic mass is 19.4. The van der Waals surface area contributed by atoms with Crippen LogP contribution in [0.5, 0.6) is 5.88 Å². The fraction of sp³-hybridized carbons (Fsp3) is 0.710. The van der Waals surface area contributed by atoms with Crippen molar-refractivity contribution in [2.24, 2.45) is 17.8 Å². The highest BCUT2D eigenvalue weighted by Crippen LogP contribution is 2.39. The van der Waals surface area contributed by atoms with E-state index < -0.39 is 18.6 Å². The number of nitrogens with one attached hydrogen (secondary N) is 1. The molecular formula is C31H43F3N4O3. The summed E-state index contributed by atoms with van der Waals surface area (Å²) in [6.07, 6.45) is 7.14. The zero-order valence-corrected chi connectivity index (χ0v) is 24.3. The van der Waals surface area contributed by atoms with Gasteiger partial charge in [-0.2, -0.15) is 13.2 Å². The molecule has 41 heavy (non-hydrogen) atoms. The van der Waals surface area contributed by atoms with Gasteiger partial charge in [-0.05, 0) is 76.0 Å². The standard InChI is InChI=1S/C31H43F3N4O3/c1-18-10-23(22-8-9-40-17-22)11-19(2)13-25(12-18)41-29-27-16-36-30(37-20(3)14-31(32,33)34)38-28(27)26(15-35-29)21-4-6-24(39)7-5-21/h10,15-16,18-22,24-25,39H,4-9,11-14,17H2,1-3H3,(H,36,37,38)/b23-10+/t18-,19+,20-,21-,22-,24-,25-/m0/s1. The quantitative estimate of drug-likeness (QED) is 0.344. The molecule has 0 unspecified atom stereocenters. The minimum atomic E-state index is -4.28. The van der Waals surface area contributed by atoms with Crippen molar-refractivity contribution in [2.75, 3.05) is 18.5 Å². The molecule has 5 atom stereocenters. The molecule has 0 radical (unpaired) electrons. The van der Waals surface area contributed by atoms with E-state index >= 15 is 0 Å². The maximum absolute atomic E-state index is 12.9. The fourth-order valence-electron chi connectivity index (χ4n) is 6.82. The number of anilines is 1. The van der Waals surface area contributed by atoms with Crippen molar-refractivity contribution < 1.29 is 27.8 Å². The average molecular weight is 577 g/mol. The van der Waals surface area contributed by atoms with Crippen molar-refractivity contribution in [3.8, 4) is 5.88 Å². The molecule has 2 aromatic heterocycles. The van der Waals surface area contributed by atoms with Gasteiger partial charge in [0.25, 0.3) is 0 Å². The van der Waals surface area contributed by atoms with Gasteiger partial charge in [0.05, 0.1) is 30.0 Å². The Bertz CT molecular complexity index is 1210. The van der Waals surface area contributed by atoms with Gasteiger partial charge >= 0.3 is 6.18 Å². The summed E-state index contributed by atoms with van der Waals surface area (Å²) in [6, 6.07) is -0.870. The van der Waals surface area contributed by atoms with Gasteiger partial charge < -0.3 is 19.9 Å². The molecule has 2 N–H and O–H groups in total. The van der Waals surface area contributed by atoms with Crippen LogP contribution in [0.2, 0.25) is 0 Å². The third kappa shape index (κ3) is 7.89. The summed E-state index contributed by atoms with van der Waals surface area (Å²) >= 11 is 0. The van der Waals surface area contributed by atoms with Gasteiger partial charge in [0.2, 0.25) is 11.8 Å². The maximum Gasteiger partial charge on any atom is 0.391 e. The summed E-state index contributed by atoms with van der Waals surface area (Å²) in [5, 5.41) is 13.5. The SMILES string of the molecule is C[C@@H]1C/C([C@H]2CCOC2)=C\[C@H](C)C[C@H](Oc2ncc([C@H]3CC[C@H](O)CC3)c3nc(N[C@@H](C)CC(F)(F)F)ncc23)C1. The van der Waals surface area contributed by atoms with Gasteiger partial charge in [0.15, 0.2) is 0 Å². The van der Waals surface area contributed by atoms with Crippen LogP contribution in [-0.2, 0) is 4.74 Å². The second kappa shape index (κ2) is 12.8. The molecule has 226 valence electrons. The van der Waals surface area contributed by atoms with Crippen molar-refractivity contribution in [2.45, 2.75) is 109 Å². The van der Waals surface area contributed by atoms with E-state index in [0.29, 0.717) is 47.4 Å². The highest BCUT2D eigenvalue weighted by Gasteiger charge is 2.31. The minimum Gasteiger partial charge on any atom is -0.474 e. The largest absolute Gasteiger partial charge is 0.474 e. The number of aliphatic hydroxyl groups is 1. The number of fused-ring (bicyclic) bond motifs is 1. The van der Waals surface area contributed by atoms with Crippen molar-refractivity contribution >= 4 is 16.9 Å². The van der Waals surface area contributed by atoms with Gasteiger partial charge in [-0.3, -0.25) is 0 Å². The molecule has 10 heteroatoms. The number of pyridine rings is 1. The Balaban J connectivity index is 1.41. The Hall–Kier alpha value is -2.46. The first kappa shape index (κ1) is 30.0. The van der Waals surface area contributed by atoms with Gasteiger partial charge in [0.1, 0.15) is 6.10 Å². The molecule has 0 bridgehead atoms. The second-order valence-electron chi connectivity index (χ2n) is 12.6. The zero-order chi connectivity index (χ0) is 29.1. The molecule has 3 aliphatic rings. The Morgan fingerprint density at radius 3 is 2.56 bits per heavy atom. The van der Waals surface area contributed by atoms with Gasteiger partial charge in [-0.15, -0.1) is 0 Å². The van der Waals surface area contributed by atoms with Crippen LogP contribution in [0.4, 0.5) is 19.1 Å². The highest BCUT2D eigenvalue weighted by molar-refractivity contribution is 5.86. The maximum atomic E-state index is 12.9. The van der Waals surface area contributed by atoms with E-state index in [-0.39, 0.29) is 24.1 Å². The monoisotopic (exact) mass is 576 g/mol. The van der Waals surface area contributed by atoms with E-state index in [9.17, 15) is 18.3 Å². The smallest absolute Gasteiger partial charge is 0.391 e. The number of nitrogens with zero attached hydrogens (tertiary/aromatic N) is 3. The number of rotatable bonds is 7. The Kier molecular flexibility index (Phi) is 9.38. The van der Waals surface area contributed by atoms with Gasteiger partial charge in [-0.25, -0.2) is 15.0 Å². The molecule has 1 saturated carbocycles. The first-order chi connectivity index (χ1) is 19.5. The van der Waals surface area contributed by atoms with Crippen LogP contribution in [0, 0.1) is 17.8 Å². The molecule has 3 heterocycles. The predicted molar refractivity (Wildman–Crippen MR) is 152 cm³/mol. The lowest BCUT2D eigenvalue weighted by atomic mass is 9.81. The average Bonchev–Trinajstić information content (AvgIpc) is 3.42. The summed E-state index contributed by atoms with van der Waals surface area (Å²) in [4.78, 5) is 13.8. The number of alkyl halides is 3. The van der Waals surface area contributed by atoms with E-state index in [0.717, 1.165) is 57.3 Å². The van der Waals surface area contributed by atoms with Crippen LogP contribution in [0.3, 0.4) is 0 Å². The Labute approximate surface area is 240 Å². The lowest BCUT2D eigenvalue weighted by molar-refractivity contribution is -0.136. The summed E-state index contributed by atoms with van der Waals surface area (Å²) in [6.45, 7) is 7.64. The topological polar surface area (TPSA) is 89.4 Å². The number of aliphatic hydroxyl groups excluding tert-OH is 1. The molecule has 0 spiro atoms. The lowest BCUT2D eigenvalue weighted by Crippen LogP contribution is -2.26. The van der Waals surface area contributed by atoms with Crippen LogP contribution < -0.4 is 10.1 Å². The van der Waals surface area contributed by atoms with E-state index in [1.165, 1.54) is 12.5 Å². The number of ether oxygens (including phenoxy) is 2. The number of halogens is 3. The van der Waals surface area contributed by atoms with Crippen LogP contribution in [0.15, 0.2) is 24.0 Å². The zero-order valence-electron chi connectivity index (χ0n) is 24.3. The number of hydrogen-bond donors (Lipinski definition) is 2. The van der Waals surface area contributed by atoms with Crippen molar-refractivity contribution in [3.05, 3.63) is 29.6 Å². The molecule has 0 aromatic carbocycles. The minimum absolute atomic E-state index is 0.0337. The molecule has 2 aliphatic carbocycles. The summed E-state index contributed by atoms with van der Waals surface area (Å²) in [7, 11) is 0. The molecule has 5 rings (SSSR count). The fourth-order valence-corrected chi connectivity index (χ4v) is 6.82. The van der Waals surface area contributed by atoms with Crippen molar-refractivity contribution in [1.82, 2.24) is 15.0 Å².